The molecule has 1 aliphatic rings. The minimum atomic E-state index is -0.394. The number of H-pyrrole nitrogens is 1. The third-order valence-electron chi connectivity index (χ3n) is 7.16. The topological polar surface area (TPSA) is 96.2 Å². The van der Waals surface area contributed by atoms with Crippen molar-refractivity contribution in [2.75, 3.05) is 19.6 Å². The average molecular weight is 495 g/mol. The molecule has 0 radical (unpaired) electrons. The van der Waals surface area contributed by atoms with Gasteiger partial charge in [0.05, 0.1) is 6.54 Å². The molecule has 4 rings (SSSR count). The third-order valence-corrected chi connectivity index (χ3v) is 7.16. The molecular weight excluding hydrogens is 456 g/mol. The molecule has 194 valence electrons. The molecule has 9 nitrogen and oxygen atoms in total. The van der Waals surface area contributed by atoms with Gasteiger partial charge in [-0.2, -0.15) is 0 Å². The van der Waals surface area contributed by atoms with Gasteiger partial charge >= 0.3 is 5.69 Å². The van der Waals surface area contributed by atoms with Crippen LogP contribution in [-0.2, 0) is 19.6 Å². The van der Waals surface area contributed by atoms with Crippen molar-refractivity contribution < 1.29 is 4.79 Å². The number of rotatable bonds is 10. The molecule has 1 N–H and O–H groups in total. The maximum Gasteiger partial charge on any atom is 0.330 e. The fourth-order valence-corrected chi connectivity index (χ4v) is 5.26. The van der Waals surface area contributed by atoms with E-state index in [2.05, 4.69) is 23.7 Å². The molecule has 1 saturated heterocycles. The SMILES string of the molecule is CCCCn1c(=O)[nH]c(=O)c2c1nc(CN(CCC)C1CCN(C(=O)c3ccccc3)CC1)n2CC. The number of hydrogen-bond acceptors (Lipinski definition) is 5. The summed E-state index contributed by atoms with van der Waals surface area (Å²) in [6.45, 7) is 10.3. The van der Waals surface area contributed by atoms with Crippen LogP contribution in [0.2, 0.25) is 0 Å². The van der Waals surface area contributed by atoms with Gasteiger partial charge in [0.25, 0.3) is 11.5 Å². The lowest BCUT2D eigenvalue weighted by molar-refractivity contribution is 0.0602. The van der Waals surface area contributed by atoms with Crippen LogP contribution < -0.4 is 11.2 Å². The second kappa shape index (κ2) is 11.7. The summed E-state index contributed by atoms with van der Waals surface area (Å²) in [5, 5.41) is 0. The van der Waals surface area contributed by atoms with E-state index in [-0.39, 0.29) is 11.5 Å². The van der Waals surface area contributed by atoms with Gasteiger partial charge in [-0.05, 0) is 51.3 Å². The zero-order valence-corrected chi connectivity index (χ0v) is 21.7. The first kappa shape index (κ1) is 25.9. The van der Waals surface area contributed by atoms with Gasteiger partial charge in [-0.3, -0.25) is 24.0 Å². The zero-order valence-electron chi connectivity index (χ0n) is 21.7. The van der Waals surface area contributed by atoms with E-state index < -0.39 is 5.69 Å². The van der Waals surface area contributed by atoms with Crippen LogP contribution in [0.15, 0.2) is 39.9 Å². The van der Waals surface area contributed by atoms with Crippen molar-refractivity contribution in [3.63, 3.8) is 0 Å². The van der Waals surface area contributed by atoms with E-state index in [0.29, 0.717) is 36.8 Å². The Hall–Kier alpha value is -3.20. The predicted molar refractivity (Wildman–Crippen MR) is 141 cm³/mol. The van der Waals surface area contributed by atoms with Gasteiger partial charge in [-0.25, -0.2) is 9.78 Å². The second-order valence-electron chi connectivity index (χ2n) is 9.57. The van der Waals surface area contributed by atoms with Crippen molar-refractivity contribution in [3.05, 3.63) is 62.6 Å². The number of carbonyl (C=O) groups excluding carboxylic acids is 1. The summed E-state index contributed by atoms with van der Waals surface area (Å²) in [7, 11) is 0. The Morgan fingerprint density at radius 3 is 2.42 bits per heavy atom. The van der Waals surface area contributed by atoms with Crippen molar-refractivity contribution in [1.29, 1.82) is 0 Å². The molecule has 0 aliphatic carbocycles. The highest BCUT2D eigenvalue weighted by Crippen LogP contribution is 2.22. The number of aromatic amines is 1. The molecule has 9 heteroatoms. The largest absolute Gasteiger partial charge is 0.339 e. The Balaban J connectivity index is 1.56. The normalized spacial score (nSPS) is 14.7. The highest BCUT2D eigenvalue weighted by Gasteiger charge is 2.28. The lowest BCUT2D eigenvalue weighted by Gasteiger charge is -2.38. The molecule has 1 amide bonds. The number of amides is 1. The Bertz CT molecular complexity index is 1280. The van der Waals surface area contributed by atoms with E-state index >= 15 is 0 Å². The number of likely N-dealkylation sites (tertiary alicyclic amines) is 1. The summed E-state index contributed by atoms with van der Waals surface area (Å²) < 4.78 is 3.56. The fourth-order valence-electron chi connectivity index (χ4n) is 5.26. The quantitative estimate of drug-likeness (QED) is 0.467. The maximum absolute atomic E-state index is 12.9. The van der Waals surface area contributed by atoms with Crippen LogP contribution >= 0.6 is 0 Å². The maximum atomic E-state index is 12.9. The van der Waals surface area contributed by atoms with Crippen molar-refractivity contribution in [2.45, 2.75) is 78.6 Å². The van der Waals surface area contributed by atoms with Gasteiger partial charge in [0.1, 0.15) is 5.82 Å². The number of carbonyl (C=O) groups is 1. The van der Waals surface area contributed by atoms with Crippen molar-refractivity contribution in [1.82, 2.24) is 28.9 Å². The molecule has 3 aromatic rings. The molecule has 0 bridgehead atoms. The first-order valence-electron chi connectivity index (χ1n) is 13.3. The zero-order chi connectivity index (χ0) is 25.7. The number of hydrogen-bond donors (Lipinski definition) is 1. The van der Waals surface area contributed by atoms with Crippen LogP contribution in [0.4, 0.5) is 0 Å². The summed E-state index contributed by atoms with van der Waals surface area (Å²) in [4.78, 5) is 49.9. The predicted octanol–water partition coefficient (Wildman–Crippen LogP) is 3.22. The molecule has 36 heavy (non-hydrogen) atoms. The Morgan fingerprint density at radius 2 is 1.78 bits per heavy atom. The number of nitrogens with one attached hydrogen (secondary N) is 1. The van der Waals surface area contributed by atoms with E-state index in [0.717, 1.165) is 63.1 Å². The summed E-state index contributed by atoms with van der Waals surface area (Å²) in [5.74, 6) is 0.901. The van der Waals surface area contributed by atoms with Crippen molar-refractivity contribution in [2.24, 2.45) is 0 Å². The van der Waals surface area contributed by atoms with Gasteiger partial charge in [0.2, 0.25) is 0 Å². The minimum absolute atomic E-state index is 0.0909. The first-order chi connectivity index (χ1) is 17.5. The number of aromatic nitrogens is 4. The van der Waals surface area contributed by atoms with Crippen LogP contribution in [0.5, 0.6) is 0 Å². The van der Waals surface area contributed by atoms with E-state index in [1.807, 2.05) is 46.7 Å². The van der Waals surface area contributed by atoms with E-state index in [1.54, 1.807) is 4.57 Å². The molecule has 3 heterocycles. The smallest absolute Gasteiger partial charge is 0.330 e. The molecule has 1 fully saturated rings. The number of piperidine rings is 1. The highest BCUT2D eigenvalue weighted by atomic mass is 16.2. The number of nitrogens with zero attached hydrogens (tertiary/aromatic N) is 5. The summed E-state index contributed by atoms with van der Waals surface area (Å²) in [6.07, 6.45) is 4.58. The summed E-state index contributed by atoms with van der Waals surface area (Å²) in [5.41, 5.74) is 0.918. The van der Waals surface area contributed by atoms with Gasteiger partial charge < -0.3 is 9.47 Å². The molecule has 0 saturated carbocycles. The van der Waals surface area contributed by atoms with Gasteiger partial charge in [0, 0.05) is 37.8 Å². The Morgan fingerprint density at radius 1 is 1.06 bits per heavy atom. The van der Waals surface area contributed by atoms with Crippen LogP contribution in [0.25, 0.3) is 11.2 Å². The van der Waals surface area contributed by atoms with Crippen molar-refractivity contribution in [3.8, 4) is 0 Å². The highest BCUT2D eigenvalue weighted by molar-refractivity contribution is 5.94. The van der Waals surface area contributed by atoms with E-state index in [9.17, 15) is 14.4 Å². The lowest BCUT2D eigenvalue weighted by atomic mass is 10.0. The average Bonchev–Trinajstić information content (AvgIpc) is 3.27. The van der Waals surface area contributed by atoms with Gasteiger partial charge in [-0.15, -0.1) is 0 Å². The molecule has 2 aromatic heterocycles. The van der Waals surface area contributed by atoms with Gasteiger partial charge in [-0.1, -0.05) is 38.5 Å². The number of imidazole rings is 1. The monoisotopic (exact) mass is 494 g/mol. The third kappa shape index (κ3) is 5.31. The molecule has 0 unspecified atom stereocenters. The van der Waals surface area contributed by atoms with Crippen LogP contribution in [0.1, 0.15) is 69.1 Å². The fraction of sp³-hybridized carbons (Fsp3) is 0.556. The van der Waals surface area contributed by atoms with Gasteiger partial charge in [0.15, 0.2) is 11.2 Å². The van der Waals surface area contributed by atoms with Crippen LogP contribution in [-0.4, -0.2) is 60.5 Å². The van der Waals surface area contributed by atoms with E-state index in [4.69, 9.17) is 4.98 Å². The lowest BCUT2D eigenvalue weighted by Crippen LogP contribution is -2.47. The molecule has 1 aliphatic heterocycles. The number of unbranched alkanes of at least 4 members (excludes halogenated alkanes) is 1. The number of benzene rings is 1. The first-order valence-corrected chi connectivity index (χ1v) is 13.3. The standard InChI is InChI=1S/C27H38N6O3/c1-4-7-16-33-24-23(25(34)29-27(33)36)32(6-3)22(28-24)19-31(15-5-2)21-13-17-30(18-14-21)26(35)20-11-9-8-10-12-20/h8-12,21H,4-7,13-19H2,1-3H3,(H,29,34,36). The molecular formula is C27H38N6O3. The second-order valence-corrected chi connectivity index (χ2v) is 9.57. The Kier molecular flexibility index (Phi) is 8.40. The Labute approximate surface area is 211 Å². The summed E-state index contributed by atoms with van der Waals surface area (Å²) >= 11 is 0. The molecule has 0 spiro atoms. The summed E-state index contributed by atoms with van der Waals surface area (Å²) in [6, 6.07) is 9.79. The van der Waals surface area contributed by atoms with Crippen LogP contribution in [0.3, 0.4) is 0 Å². The number of fused-ring (bicyclic) bond motifs is 1. The number of aryl methyl sites for hydroxylation is 2. The minimum Gasteiger partial charge on any atom is -0.339 e. The van der Waals surface area contributed by atoms with E-state index in [1.165, 1.54) is 0 Å². The molecule has 1 aromatic carbocycles. The van der Waals surface area contributed by atoms with Crippen molar-refractivity contribution >= 4 is 17.1 Å². The molecule has 0 atom stereocenters. The van der Waals surface area contributed by atoms with Crippen LogP contribution in [0, 0.1) is 0 Å².